The highest BCUT2D eigenvalue weighted by Gasteiger charge is 2.43. The van der Waals surface area contributed by atoms with Crippen molar-refractivity contribution in [2.24, 2.45) is 0 Å². The number of hydrogen-bond donors (Lipinski definition) is 0. The third kappa shape index (κ3) is 18.7. The van der Waals surface area contributed by atoms with E-state index in [0.717, 1.165) is 66.8 Å². The molecule has 0 bridgehead atoms. The molecule has 0 N–H and O–H groups in total. The summed E-state index contributed by atoms with van der Waals surface area (Å²) in [5, 5.41) is 0. The Bertz CT molecular complexity index is 6280. The van der Waals surface area contributed by atoms with Crippen molar-refractivity contribution in [3.63, 3.8) is 0 Å². The number of hydrogen-bond acceptors (Lipinski definition) is 16. The van der Waals surface area contributed by atoms with E-state index in [1.54, 1.807) is 146 Å². The molecule has 0 atom stereocenters. The van der Waals surface area contributed by atoms with Crippen molar-refractivity contribution in [2.75, 3.05) is 74.0 Å². The summed E-state index contributed by atoms with van der Waals surface area (Å²) < 4.78 is 23.5. The van der Waals surface area contributed by atoms with Gasteiger partial charge in [-0.05, 0) is 265 Å². The van der Waals surface area contributed by atoms with Crippen molar-refractivity contribution in [1.82, 2.24) is 0 Å². The van der Waals surface area contributed by atoms with Crippen LogP contribution in [0.25, 0.3) is 24.3 Å². The zero-order chi connectivity index (χ0) is 89.7. The number of rotatable bonds is 10. The van der Waals surface area contributed by atoms with Crippen LogP contribution in [0.4, 0.5) is 22.7 Å². The molecule has 664 valence electrons. The molecule has 131 heavy (non-hydrogen) atoms. The van der Waals surface area contributed by atoms with E-state index in [0.29, 0.717) is 113 Å². The van der Waals surface area contributed by atoms with Gasteiger partial charge in [0.25, 0.3) is 0 Å². The second-order valence-corrected chi connectivity index (χ2v) is 35.7. The molecule has 0 spiro atoms. The summed E-state index contributed by atoms with van der Waals surface area (Å²) >= 11 is 0. The quantitative estimate of drug-likeness (QED) is 0.0928. The Labute approximate surface area is 769 Å². The van der Waals surface area contributed by atoms with Gasteiger partial charge in [0.2, 0.25) is 0 Å². The average Bonchev–Trinajstić information content (AvgIpc) is 1.72. The Morgan fingerprint density at radius 3 is 0.802 bits per heavy atom. The fraction of sp³-hybridized carbons (Fsp3) is 0.235. The lowest BCUT2D eigenvalue weighted by Gasteiger charge is -2.48. The predicted octanol–water partition coefficient (Wildman–Crippen LogP) is 24.5. The minimum Gasteiger partial charge on any atom is -0.462 e. The number of carbonyl (C=O) groups excluding carboxylic acids is 8. The number of anilines is 4. The van der Waals surface area contributed by atoms with Gasteiger partial charge in [-0.25, -0.2) is 0 Å². The number of ketones is 8. The van der Waals surface area contributed by atoms with Crippen molar-refractivity contribution in [3.8, 4) is 0 Å². The normalized spacial score (nSPS) is 18.0. The van der Waals surface area contributed by atoms with Crippen LogP contribution in [0.2, 0.25) is 0 Å². The van der Waals surface area contributed by atoms with E-state index in [9.17, 15) is 38.4 Å². The molecule has 0 saturated carbocycles. The molecule has 8 aromatic rings. The van der Waals surface area contributed by atoms with Gasteiger partial charge in [-0.2, -0.15) is 0 Å². The van der Waals surface area contributed by atoms with Crippen LogP contribution >= 0.6 is 0 Å². The van der Waals surface area contributed by atoms with Crippen LogP contribution in [0.15, 0.2) is 333 Å². The second-order valence-electron chi connectivity index (χ2n) is 35.7. The Morgan fingerprint density at radius 1 is 0.298 bits per heavy atom. The van der Waals surface area contributed by atoms with Crippen LogP contribution < -0.4 is 19.6 Å². The molecule has 0 unspecified atom stereocenters. The maximum absolute atomic E-state index is 13.1. The third-order valence-electron chi connectivity index (χ3n) is 25.2. The van der Waals surface area contributed by atoms with Gasteiger partial charge in [0.15, 0.2) is 46.3 Å². The van der Waals surface area contributed by atoms with Gasteiger partial charge in [-0.15, -0.1) is 0 Å². The zero-order valence-corrected chi connectivity index (χ0v) is 74.2. The lowest BCUT2D eigenvalue weighted by molar-refractivity contribution is 0.0972. The molecule has 8 heterocycles. The first-order valence-electron chi connectivity index (χ1n) is 43.7. The van der Waals surface area contributed by atoms with Crippen LogP contribution in [0.1, 0.15) is 231 Å². The summed E-state index contributed by atoms with van der Waals surface area (Å²) in [5.74, 6) is 3.20. The number of ether oxygens (including phenoxy) is 4. The summed E-state index contributed by atoms with van der Waals surface area (Å²) in [6, 6.07) is 53.4. The molecule has 16 heteroatoms. The fourth-order valence-electron chi connectivity index (χ4n) is 18.6. The molecule has 8 aliphatic heterocycles. The number of allylic oxidation sites excluding steroid dienone is 24. The van der Waals surface area contributed by atoms with Crippen LogP contribution in [-0.4, -0.2) is 101 Å². The molecule has 16 nitrogen and oxygen atoms in total. The molecule has 12 aliphatic rings. The Morgan fingerprint density at radius 2 is 0.542 bits per heavy atom. The Balaban J connectivity index is 0.000000140. The summed E-state index contributed by atoms with van der Waals surface area (Å²) in [7, 11) is 8.00. The molecule has 0 fully saturated rings. The van der Waals surface area contributed by atoms with Gasteiger partial charge in [0.1, 0.15) is 46.1 Å². The van der Waals surface area contributed by atoms with Crippen molar-refractivity contribution in [2.45, 2.75) is 127 Å². The first kappa shape index (κ1) is 92.5. The molecule has 0 saturated heterocycles. The van der Waals surface area contributed by atoms with Gasteiger partial charge in [0.05, 0.1) is 22.3 Å². The lowest BCUT2D eigenvalue weighted by atomic mass is 9.69. The first-order valence-corrected chi connectivity index (χ1v) is 43.7. The van der Waals surface area contributed by atoms with E-state index in [1.807, 2.05) is 151 Å². The highest BCUT2D eigenvalue weighted by molar-refractivity contribution is 6.42. The predicted molar refractivity (Wildman–Crippen MR) is 527 cm³/mol. The van der Waals surface area contributed by atoms with E-state index in [2.05, 4.69) is 73.9 Å². The number of nitrogens with zero attached hydrogens (tertiary/aromatic N) is 4. The van der Waals surface area contributed by atoms with Crippen LogP contribution in [0, 0.1) is 0 Å². The highest BCUT2D eigenvalue weighted by atomic mass is 16.5. The van der Waals surface area contributed by atoms with Gasteiger partial charge in [-0.3, -0.25) is 38.4 Å². The van der Waals surface area contributed by atoms with E-state index in [1.165, 1.54) is 65.1 Å². The number of Topliss-reactive ketones (excluding diaryl/α,β-unsaturated/α-hetero) is 8. The molecular weight excluding hydrogens is 1630 g/mol. The summed E-state index contributed by atoms with van der Waals surface area (Å²) in [6.45, 7) is 21.3. The van der Waals surface area contributed by atoms with Crippen LogP contribution in [0.3, 0.4) is 0 Å². The standard InChI is InChI=1S/C33H33NO3.C29H25NO3.2C25H21NO3.3CH4/c1-20-16-22(28-30(35)24-8-6-7-9-25(24)31(28)36)19-23(37-20)11-10-21-17-26-29-27(18-21)33(4,5)13-15-34(29)14-12-32(26,2)3;1-18-14-22(26-28(31)24-8-2-3-9-25(24)29(26)32)17-23(33-18)11-10-19-15-20-6-4-12-30-13-5-7-21(16-19)27(20)30;2*1-16-14-18(23-24(27)21-6-4-5-7-22(21)25(23)28)15-20(29-16)13-10-17-8-11-19(12-9-17)26(2)3;;;/h6-11,16-19H,12-15H2,1-5H3;2-3,8-11,14-17H,4-7,12-13H2,1H3;2*4-15H,1-3H3;3*1H4. The maximum atomic E-state index is 13.1. The Kier molecular flexibility index (Phi) is 26.8. The minimum atomic E-state index is -0.231. The zero-order valence-electron chi connectivity index (χ0n) is 74.2. The summed E-state index contributed by atoms with van der Waals surface area (Å²) in [5.41, 5.74) is 22.4. The van der Waals surface area contributed by atoms with Crippen molar-refractivity contribution < 1.29 is 57.3 Å². The molecular formula is C115H112N4O12. The first-order chi connectivity index (χ1) is 61.5. The smallest absolute Gasteiger partial charge is 0.198 e. The topological polar surface area (TPSA) is 186 Å². The molecule has 20 rings (SSSR count). The molecule has 0 radical (unpaired) electrons. The summed E-state index contributed by atoms with van der Waals surface area (Å²) in [6.07, 6.45) is 36.7. The van der Waals surface area contributed by atoms with E-state index in [-0.39, 0.29) is 102 Å². The monoisotopic (exact) mass is 1740 g/mol. The lowest BCUT2D eigenvalue weighted by Crippen LogP contribution is -2.44. The van der Waals surface area contributed by atoms with Crippen molar-refractivity contribution in [3.05, 3.63) is 422 Å². The second kappa shape index (κ2) is 38.0. The summed E-state index contributed by atoms with van der Waals surface area (Å²) in [4.78, 5) is 112. The van der Waals surface area contributed by atoms with Gasteiger partial charge in [0, 0.05) is 122 Å². The average molecular weight is 1740 g/mol. The highest BCUT2D eigenvalue weighted by Crippen LogP contribution is 2.50. The molecule has 0 amide bonds. The SMILES string of the molecule is C.C.C.CC1=CC(=C2C(=O)c3ccccc3C2=O)C=C(C=Cc2cc3c4c(c2)C(C)(C)CCN4CCC3(C)C)O1.CC1=CC(=C2C(=O)c3ccccc3C2=O)C=C(C=Cc2cc3c4c(c2)CCCN4CCC3)O1.CC1=CC(=C2C(=O)c3ccccc3C2=O)C=C(C=Cc2ccc(N(C)C)cc2)O1.CC1=CC(=C2C(=O)c3ccccc3C2=O)C=C(C=Cc2ccc(N(C)C)cc2)O1. The fourth-order valence-corrected chi connectivity index (χ4v) is 18.6. The van der Waals surface area contributed by atoms with E-state index >= 15 is 0 Å². The number of carbonyl (C=O) groups is 8. The van der Waals surface area contributed by atoms with Gasteiger partial charge >= 0.3 is 0 Å². The Hall–Kier alpha value is -14.6. The molecule has 8 aromatic carbocycles. The van der Waals surface area contributed by atoms with Crippen molar-refractivity contribution in [1.29, 1.82) is 0 Å². The van der Waals surface area contributed by atoms with Crippen LogP contribution in [-0.2, 0) is 42.6 Å². The maximum Gasteiger partial charge on any atom is 0.198 e. The molecule has 0 aromatic heterocycles. The van der Waals surface area contributed by atoms with Gasteiger partial charge < -0.3 is 38.5 Å². The minimum absolute atomic E-state index is 0. The molecule has 4 aliphatic carbocycles. The number of aryl methyl sites for hydroxylation is 2. The van der Waals surface area contributed by atoms with E-state index in [4.69, 9.17) is 18.9 Å². The number of fused-ring (bicyclic) bond motifs is 4. The van der Waals surface area contributed by atoms with E-state index < -0.39 is 0 Å². The van der Waals surface area contributed by atoms with Crippen LogP contribution in [0.5, 0.6) is 0 Å². The van der Waals surface area contributed by atoms with Crippen molar-refractivity contribution >= 4 is 93.3 Å². The third-order valence-corrected chi connectivity index (χ3v) is 25.2. The number of benzene rings is 8. The van der Waals surface area contributed by atoms with Gasteiger partial charge in [-0.1, -0.05) is 196 Å². The largest absolute Gasteiger partial charge is 0.462 e.